The van der Waals surface area contributed by atoms with Crippen molar-refractivity contribution in [1.82, 2.24) is 0 Å². The van der Waals surface area contributed by atoms with Crippen LogP contribution in [-0.4, -0.2) is 49.9 Å². The highest BCUT2D eigenvalue weighted by Gasteiger charge is 2.46. The molecular weight excluding hydrogens is 300 g/mol. The smallest absolute Gasteiger partial charge is 0.192 e. The molecule has 0 aromatic heterocycles. The lowest BCUT2D eigenvalue weighted by Crippen LogP contribution is -2.46. The van der Waals surface area contributed by atoms with Crippen LogP contribution in [0.2, 0.25) is 18.1 Å². The summed E-state index contributed by atoms with van der Waals surface area (Å²) in [6, 6.07) is 0. The fourth-order valence-electron chi connectivity index (χ4n) is 2.24. The number of carbonyl (C=O) groups is 1. The molecule has 5 nitrogen and oxygen atoms in total. The van der Waals surface area contributed by atoms with Crippen LogP contribution in [-0.2, 0) is 18.7 Å². The summed E-state index contributed by atoms with van der Waals surface area (Å²) in [5.74, 6) is -0.839. The number of aliphatic hydroxyl groups excluding tert-OH is 1. The van der Waals surface area contributed by atoms with Crippen molar-refractivity contribution in [2.75, 3.05) is 6.61 Å². The Bertz CT molecular complexity index is 400. The molecule has 0 radical (unpaired) electrons. The Hall–Kier alpha value is -0.273. The molecule has 3 atom stereocenters. The minimum Gasteiger partial charge on any atom is -0.414 e. The van der Waals surface area contributed by atoms with Crippen molar-refractivity contribution >= 4 is 14.1 Å². The van der Waals surface area contributed by atoms with E-state index in [2.05, 4.69) is 33.9 Å². The van der Waals surface area contributed by atoms with E-state index in [1.165, 1.54) is 6.92 Å². The zero-order valence-corrected chi connectivity index (χ0v) is 16.2. The summed E-state index contributed by atoms with van der Waals surface area (Å²) in [5.41, 5.74) is 0. The molecule has 1 N–H and O–H groups in total. The predicted octanol–water partition coefficient (Wildman–Crippen LogP) is 2.87. The van der Waals surface area contributed by atoms with Crippen molar-refractivity contribution in [3.63, 3.8) is 0 Å². The number of Topliss-reactive ketones (excluding diaryl/α,β-unsaturated/α-hetero) is 1. The lowest BCUT2D eigenvalue weighted by atomic mass is 10.0. The van der Waals surface area contributed by atoms with E-state index in [0.717, 1.165) is 0 Å². The molecule has 1 heterocycles. The van der Waals surface area contributed by atoms with Crippen molar-refractivity contribution in [2.45, 2.75) is 90.2 Å². The van der Waals surface area contributed by atoms with Crippen molar-refractivity contribution in [3.05, 3.63) is 0 Å². The average Bonchev–Trinajstić information content (AvgIpc) is 2.60. The number of aliphatic hydroxyl groups is 1. The van der Waals surface area contributed by atoms with Gasteiger partial charge in [-0.1, -0.05) is 20.8 Å². The van der Waals surface area contributed by atoms with Gasteiger partial charge in [0, 0.05) is 6.42 Å². The van der Waals surface area contributed by atoms with E-state index in [4.69, 9.17) is 13.9 Å². The number of rotatable bonds is 6. The number of carbonyl (C=O) groups excluding carboxylic acids is 1. The first kappa shape index (κ1) is 19.8. The zero-order valence-electron chi connectivity index (χ0n) is 15.2. The maximum absolute atomic E-state index is 11.2. The van der Waals surface area contributed by atoms with Gasteiger partial charge in [-0.15, -0.1) is 0 Å². The fourth-order valence-corrected chi connectivity index (χ4v) is 3.25. The maximum atomic E-state index is 11.2. The molecule has 1 saturated heterocycles. The van der Waals surface area contributed by atoms with Crippen LogP contribution in [0.25, 0.3) is 0 Å². The molecule has 1 aliphatic rings. The monoisotopic (exact) mass is 332 g/mol. The third-order valence-electron chi connectivity index (χ3n) is 4.51. The Kier molecular flexibility index (Phi) is 6.01. The van der Waals surface area contributed by atoms with Crippen molar-refractivity contribution in [3.8, 4) is 0 Å². The Labute approximate surface area is 135 Å². The molecule has 6 heteroatoms. The van der Waals surface area contributed by atoms with Gasteiger partial charge in [-0.2, -0.15) is 0 Å². The van der Waals surface area contributed by atoms with E-state index >= 15 is 0 Å². The Morgan fingerprint density at radius 1 is 1.32 bits per heavy atom. The van der Waals surface area contributed by atoms with Crippen molar-refractivity contribution in [1.29, 1.82) is 0 Å². The molecule has 22 heavy (non-hydrogen) atoms. The highest BCUT2D eigenvalue weighted by Crippen LogP contribution is 2.38. The molecule has 0 saturated carbocycles. The van der Waals surface area contributed by atoms with Gasteiger partial charge in [-0.25, -0.2) is 0 Å². The summed E-state index contributed by atoms with van der Waals surface area (Å²) in [6.07, 6.45) is -1.70. The van der Waals surface area contributed by atoms with E-state index in [1.807, 2.05) is 13.8 Å². The Balaban J connectivity index is 2.75. The zero-order chi connectivity index (χ0) is 17.3. The largest absolute Gasteiger partial charge is 0.414 e. The first-order chi connectivity index (χ1) is 9.75. The SMILES string of the molecule is CC(=O)C[C@H](O)[C@@H]1OC(C)(C)O[C@H]1CO[Si](C)(C)C(C)(C)C. The molecule has 1 aliphatic heterocycles. The van der Waals surface area contributed by atoms with E-state index in [1.54, 1.807) is 0 Å². The quantitative estimate of drug-likeness (QED) is 0.758. The van der Waals surface area contributed by atoms with Crippen LogP contribution in [0.3, 0.4) is 0 Å². The van der Waals surface area contributed by atoms with Gasteiger partial charge in [0.2, 0.25) is 0 Å². The summed E-state index contributed by atoms with van der Waals surface area (Å²) >= 11 is 0. The predicted molar refractivity (Wildman–Crippen MR) is 88.3 cm³/mol. The fraction of sp³-hybridized carbons (Fsp3) is 0.938. The Morgan fingerprint density at radius 3 is 2.32 bits per heavy atom. The summed E-state index contributed by atoms with van der Waals surface area (Å²) in [6.45, 7) is 16.3. The minimum absolute atomic E-state index is 0.0649. The van der Waals surface area contributed by atoms with Crippen LogP contribution < -0.4 is 0 Å². The van der Waals surface area contributed by atoms with Gasteiger partial charge in [0.15, 0.2) is 14.1 Å². The van der Waals surface area contributed by atoms with E-state index in [9.17, 15) is 9.90 Å². The molecule has 1 fully saturated rings. The summed E-state index contributed by atoms with van der Waals surface area (Å²) in [4.78, 5) is 11.2. The van der Waals surface area contributed by atoms with Gasteiger partial charge in [-0.3, -0.25) is 4.79 Å². The van der Waals surface area contributed by atoms with Gasteiger partial charge >= 0.3 is 0 Å². The molecular formula is C16H32O5Si. The van der Waals surface area contributed by atoms with Crippen LogP contribution in [0.4, 0.5) is 0 Å². The van der Waals surface area contributed by atoms with Crippen LogP contribution in [0.15, 0.2) is 0 Å². The molecule has 0 aliphatic carbocycles. The van der Waals surface area contributed by atoms with Gasteiger partial charge in [0.05, 0.1) is 12.7 Å². The molecule has 0 bridgehead atoms. The third kappa shape index (κ3) is 5.13. The van der Waals surface area contributed by atoms with Crippen molar-refractivity contribution < 1.29 is 23.8 Å². The Morgan fingerprint density at radius 2 is 1.86 bits per heavy atom. The lowest BCUT2D eigenvalue weighted by Gasteiger charge is -2.37. The maximum Gasteiger partial charge on any atom is 0.192 e. The topological polar surface area (TPSA) is 65.0 Å². The van der Waals surface area contributed by atoms with Crippen LogP contribution in [0, 0.1) is 0 Å². The second-order valence-corrected chi connectivity index (χ2v) is 13.0. The summed E-state index contributed by atoms with van der Waals surface area (Å²) in [7, 11) is -1.90. The first-order valence-electron chi connectivity index (χ1n) is 7.92. The van der Waals surface area contributed by atoms with E-state index in [-0.39, 0.29) is 23.3 Å². The van der Waals surface area contributed by atoms with E-state index < -0.39 is 26.3 Å². The summed E-state index contributed by atoms with van der Waals surface area (Å²) < 4.78 is 17.9. The molecule has 0 aromatic rings. The highest BCUT2D eigenvalue weighted by atomic mass is 28.4. The molecule has 0 spiro atoms. The lowest BCUT2D eigenvalue weighted by molar-refractivity contribution is -0.157. The highest BCUT2D eigenvalue weighted by molar-refractivity contribution is 6.74. The molecule has 0 aromatic carbocycles. The molecule has 130 valence electrons. The van der Waals surface area contributed by atoms with Gasteiger partial charge in [0.25, 0.3) is 0 Å². The second kappa shape index (κ2) is 6.69. The van der Waals surface area contributed by atoms with Crippen LogP contribution in [0.1, 0.15) is 48.0 Å². The molecule has 0 amide bonds. The number of ketones is 1. The normalized spacial score (nSPS) is 27.0. The van der Waals surface area contributed by atoms with Gasteiger partial charge in [-0.05, 0) is 38.9 Å². The summed E-state index contributed by atoms with van der Waals surface area (Å²) in [5, 5.41) is 10.3. The molecule has 0 unspecified atom stereocenters. The van der Waals surface area contributed by atoms with E-state index in [0.29, 0.717) is 6.61 Å². The molecule has 1 rings (SSSR count). The van der Waals surface area contributed by atoms with Gasteiger partial charge < -0.3 is 19.0 Å². The van der Waals surface area contributed by atoms with Crippen molar-refractivity contribution in [2.24, 2.45) is 0 Å². The first-order valence-corrected chi connectivity index (χ1v) is 10.8. The standard InChI is InChI=1S/C16H32O5Si/c1-11(17)9-12(18)14-13(20-16(5,6)21-14)10-19-22(7,8)15(2,3)4/h12-14,18H,9-10H2,1-8H3/t12-,13-,14-/m0/s1. The second-order valence-electron chi connectivity index (χ2n) is 8.18. The average molecular weight is 333 g/mol. The number of ether oxygens (including phenoxy) is 2. The third-order valence-corrected chi connectivity index (χ3v) is 9.01. The van der Waals surface area contributed by atoms with Crippen LogP contribution in [0.5, 0.6) is 0 Å². The van der Waals surface area contributed by atoms with Crippen LogP contribution >= 0.6 is 0 Å². The number of hydrogen-bond donors (Lipinski definition) is 1. The minimum atomic E-state index is -1.90. The number of hydrogen-bond acceptors (Lipinski definition) is 5. The van der Waals surface area contributed by atoms with Gasteiger partial charge in [0.1, 0.15) is 18.0 Å².